The predicted octanol–water partition coefficient (Wildman–Crippen LogP) is -0.0917. The van der Waals surface area contributed by atoms with Crippen LogP contribution < -0.4 is 4.90 Å². The van der Waals surface area contributed by atoms with Crippen molar-refractivity contribution in [2.75, 3.05) is 11.5 Å². The Labute approximate surface area is 121 Å². The summed E-state index contributed by atoms with van der Waals surface area (Å²) in [6.45, 7) is 1.72. The van der Waals surface area contributed by atoms with Gasteiger partial charge in [-0.05, 0) is 19.1 Å². The first-order valence-corrected chi connectivity index (χ1v) is 7.51. The molecule has 5 atom stereocenters. The molecule has 20 heavy (non-hydrogen) atoms. The van der Waals surface area contributed by atoms with Crippen LogP contribution in [0, 0.1) is 6.92 Å². The topological polar surface area (TPSA) is 81.0 Å². The molecule has 1 amide bonds. The number of β-lactam (4-membered cyclic amide) rings is 1. The van der Waals surface area contributed by atoms with Gasteiger partial charge in [-0.25, -0.2) is 0 Å². The van der Waals surface area contributed by atoms with Crippen molar-refractivity contribution in [3.63, 3.8) is 0 Å². The Kier molecular flexibility index (Phi) is 3.50. The predicted molar refractivity (Wildman–Crippen MR) is 76.7 cm³/mol. The quantitative estimate of drug-likeness (QED) is 0.664. The number of aryl methyl sites for hydroxylation is 1. The highest BCUT2D eigenvalue weighted by atomic mass is 32.2. The van der Waals surface area contributed by atoms with E-state index in [0.29, 0.717) is 0 Å². The van der Waals surface area contributed by atoms with E-state index in [4.69, 9.17) is 0 Å². The zero-order valence-electron chi connectivity index (χ0n) is 11.0. The normalized spacial score (nSPS) is 36.5. The first-order valence-electron chi connectivity index (χ1n) is 6.57. The Morgan fingerprint density at radius 1 is 1.20 bits per heavy atom. The average Bonchev–Trinajstić information content (AvgIpc) is 2.45. The Morgan fingerprint density at radius 3 is 2.45 bits per heavy atom. The minimum atomic E-state index is -1.03. The van der Waals surface area contributed by atoms with Gasteiger partial charge < -0.3 is 20.2 Å². The van der Waals surface area contributed by atoms with Crippen LogP contribution in [0.5, 0.6) is 0 Å². The minimum Gasteiger partial charge on any atom is -0.395 e. The van der Waals surface area contributed by atoms with Gasteiger partial charge in [0.1, 0.15) is 11.4 Å². The molecule has 0 aliphatic carbocycles. The van der Waals surface area contributed by atoms with Crippen LogP contribution in [0.2, 0.25) is 0 Å². The molecule has 0 unspecified atom stereocenters. The lowest BCUT2D eigenvalue weighted by molar-refractivity contribution is -0.128. The number of thioether (sulfide) groups is 1. The van der Waals surface area contributed by atoms with E-state index in [2.05, 4.69) is 0 Å². The van der Waals surface area contributed by atoms with Crippen LogP contribution in [0.15, 0.2) is 24.3 Å². The largest absolute Gasteiger partial charge is 0.395 e. The van der Waals surface area contributed by atoms with Crippen molar-refractivity contribution in [3.05, 3.63) is 29.8 Å². The van der Waals surface area contributed by atoms with Crippen molar-refractivity contribution in [3.8, 4) is 0 Å². The fourth-order valence-corrected chi connectivity index (χ4v) is 4.26. The number of nitrogens with zero attached hydrogens (tertiary/aromatic N) is 1. The summed E-state index contributed by atoms with van der Waals surface area (Å²) in [5, 5.41) is 28.5. The summed E-state index contributed by atoms with van der Waals surface area (Å²) >= 11 is 1.25. The molecule has 2 saturated heterocycles. The standard InChI is InChI=1S/C14H17NO4S/c1-7-2-4-8(5-3-7)15-10-12(18)11(17)9(6-16)20-13(10)14(15)19/h2-5,9-13,16-18H,6H2,1H3/t9-,10+,11-,12-,13-/m1/s1. The smallest absolute Gasteiger partial charge is 0.242 e. The molecule has 5 nitrogen and oxygen atoms in total. The number of benzene rings is 1. The van der Waals surface area contributed by atoms with Gasteiger partial charge in [-0.2, -0.15) is 0 Å². The minimum absolute atomic E-state index is 0.0757. The van der Waals surface area contributed by atoms with Crippen LogP contribution in [0.3, 0.4) is 0 Å². The molecular weight excluding hydrogens is 278 g/mol. The molecule has 0 bridgehead atoms. The van der Waals surface area contributed by atoms with Gasteiger partial charge in [-0.15, -0.1) is 11.8 Å². The monoisotopic (exact) mass is 295 g/mol. The number of aliphatic hydroxyl groups is 3. The third-order valence-corrected chi connectivity index (χ3v) is 5.53. The van der Waals surface area contributed by atoms with Crippen LogP contribution in [-0.2, 0) is 4.79 Å². The van der Waals surface area contributed by atoms with Gasteiger partial charge in [-0.1, -0.05) is 17.7 Å². The molecule has 2 aliphatic rings. The summed E-state index contributed by atoms with van der Waals surface area (Å²) in [5.74, 6) is -0.0757. The van der Waals surface area contributed by atoms with Crippen molar-refractivity contribution in [1.29, 1.82) is 0 Å². The summed E-state index contributed by atoms with van der Waals surface area (Å²) in [7, 11) is 0. The molecular formula is C14H17NO4S. The van der Waals surface area contributed by atoms with Crippen molar-refractivity contribution in [2.24, 2.45) is 0 Å². The van der Waals surface area contributed by atoms with Crippen LogP contribution in [0.1, 0.15) is 5.56 Å². The van der Waals surface area contributed by atoms with E-state index < -0.39 is 23.5 Å². The van der Waals surface area contributed by atoms with Crippen molar-refractivity contribution < 1.29 is 20.1 Å². The Balaban J connectivity index is 1.86. The summed E-state index contributed by atoms with van der Waals surface area (Å²) in [6, 6.07) is 7.07. The number of aliphatic hydroxyl groups excluding tert-OH is 3. The Bertz CT molecular complexity index is 520. The van der Waals surface area contributed by atoms with Gasteiger partial charge in [0, 0.05) is 5.69 Å². The highest BCUT2D eigenvalue weighted by Gasteiger charge is 2.58. The van der Waals surface area contributed by atoms with E-state index in [0.717, 1.165) is 11.3 Å². The molecule has 3 N–H and O–H groups in total. The molecule has 1 aromatic carbocycles. The van der Waals surface area contributed by atoms with E-state index >= 15 is 0 Å². The van der Waals surface area contributed by atoms with Gasteiger partial charge in [-0.3, -0.25) is 4.79 Å². The second kappa shape index (κ2) is 5.04. The fraction of sp³-hybridized carbons (Fsp3) is 0.500. The van der Waals surface area contributed by atoms with E-state index in [1.807, 2.05) is 31.2 Å². The third kappa shape index (κ3) is 1.95. The van der Waals surface area contributed by atoms with Crippen LogP contribution in [0.4, 0.5) is 5.69 Å². The Hall–Kier alpha value is -1.08. The van der Waals surface area contributed by atoms with E-state index in [1.165, 1.54) is 11.8 Å². The average molecular weight is 295 g/mol. The van der Waals surface area contributed by atoms with Crippen molar-refractivity contribution in [1.82, 2.24) is 0 Å². The van der Waals surface area contributed by atoms with Crippen LogP contribution >= 0.6 is 11.8 Å². The van der Waals surface area contributed by atoms with Gasteiger partial charge in [0.2, 0.25) is 5.91 Å². The zero-order chi connectivity index (χ0) is 14.4. The van der Waals surface area contributed by atoms with Crippen LogP contribution in [0.25, 0.3) is 0 Å². The number of fused-ring (bicyclic) bond motifs is 1. The molecule has 0 saturated carbocycles. The molecule has 0 aromatic heterocycles. The maximum atomic E-state index is 12.2. The number of hydrogen-bond acceptors (Lipinski definition) is 5. The van der Waals surface area contributed by atoms with E-state index in [9.17, 15) is 20.1 Å². The molecule has 2 heterocycles. The molecule has 3 rings (SSSR count). The van der Waals surface area contributed by atoms with Crippen molar-refractivity contribution >= 4 is 23.4 Å². The summed E-state index contributed by atoms with van der Waals surface area (Å²) in [4.78, 5) is 13.8. The second-order valence-corrected chi connectivity index (χ2v) is 6.68. The molecule has 2 fully saturated rings. The molecule has 108 valence electrons. The maximum absolute atomic E-state index is 12.2. The first kappa shape index (κ1) is 13.9. The second-order valence-electron chi connectivity index (χ2n) is 5.29. The highest BCUT2D eigenvalue weighted by molar-refractivity contribution is 8.01. The number of anilines is 1. The number of rotatable bonds is 2. The zero-order valence-corrected chi connectivity index (χ0v) is 11.8. The summed E-state index contributed by atoms with van der Waals surface area (Å²) in [5.41, 5.74) is 1.83. The number of amides is 1. The molecule has 0 spiro atoms. The SMILES string of the molecule is Cc1ccc(N2C(=O)[C@@H]3S[C@H](CO)[C@@H](O)[C@H](O)[C@@H]32)cc1. The summed E-state index contributed by atoms with van der Waals surface area (Å²) < 4.78 is 0. The van der Waals surface area contributed by atoms with Crippen molar-refractivity contribution in [2.45, 2.75) is 35.7 Å². The van der Waals surface area contributed by atoms with E-state index in [-0.39, 0.29) is 17.8 Å². The van der Waals surface area contributed by atoms with Gasteiger partial charge in [0.25, 0.3) is 0 Å². The molecule has 6 heteroatoms. The molecule has 1 aromatic rings. The maximum Gasteiger partial charge on any atom is 0.242 e. The number of hydrogen-bond donors (Lipinski definition) is 3. The van der Waals surface area contributed by atoms with Gasteiger partial charge >= 0.3 is 0 Å². The lowest BCUT2D eigenvalue weighted by Gasteiger charge is -2.54. The number of carbonyl (C=O) groups is 1. The third-order valence-electron chi connectivity index (χ3n) is 3.98. The van der Waals surface area contributed by atoms with E-state index in [1.54, 1.807) is 4.90 Å². The Morgan fingerprint density at radius 2 is 1.85 bits per heavy atom. The first-order chi connectivity index (χ1) is 9.54. The summed E-state index contributed by atoms with van der Waals surface area (Å²) in [6.07, 6.45) is -2.05. The molecule has 0 radical (unpaired) electrons. The lowest BCUT2D eigenvalue weighted by atomic mass is 9.89. The highest BCUT2D eigenvalue weighted by Crippen LogP contribution is 2.44. The van der Waals surface area contributed by atoms with Gasteiger partial charge in [0.05, 0.1) is 24.0 Å². The lowest BCUT2D eigenvalue weighted by Crippen LogP contribution is -2.74. The number of carbonyl (C=O) groups excluding carboxylic acids is 1. The van der Waals surface area contributed by atoms with Gasteiger partial charge in [0.15, 0.2) is 0 Å². The van der Waals surface area contributed by atoms with Crippen LogP contribution in [-0.4, -0.2) is 56.6 Å². The molecule has 2 aliphatic heterocycles. The fourth-order valence-electron chi connectivity index (χ4n) is 2.80.